The summed E-state index contributed by atoms with van der Waals surface area (Å²) in [5.74, 6) is 0. The summed E-state index contributed by atoms with van der Waals surface area (Å²) in [7, 11) is 0. The van der Waals surface area contributed by atoms with Crippen LogP contribution in [0.25, 0.3) is 10.9 Å². The molecule has 0 aliphatic heterocycles. The highest BCUT2D eigenvalue weighted by Gasteiger charge is 2.01. The predicted octanol–water partition coefficient (Wildman–Crippen LogP) is 4.34. The van der Waals surface area contributed by atoms with Gasteiger partial charge in [0.25, 0.3) is 0 Å². The summed E-state index contributed by atoms with van der Waals surface area (Å²) in [5.41, 5.74) is 3.61. The molecule has 1 N–H and O–H groups in total. The summed E-state index contributed by atoms with van der Waals surface area (Å²) in [6, 6.07) is 18.9. The maximum absolute atomic E-state index is 4.38. The third-order valence-corrected chi connectivity index (χ3v) is 4.01. The van der Waals surface area contributed by atoms with Crippen LogP contribution >= 0.6 is 11.9 Å². The second-order valence-electron chi connectivity index (χ2n) is 4.72. The van der Waals surface area contributed by atoms with Crippen LogP contribution in [0.2, 0.25) is 0 Å². The van der Waals surface area contributed by atoms with Gasteiger partial charge in [-0.3, -0.25) is 9.71 Å². The molecule has 0 atom stereocenters. The second-order valence-corrected chi connectivity index (χ2v) is 5.69. The van der Waals surface area contributed by atoms with Crippen molar-refractivity contribution in [2.45, 2.75) is 18.4 Å². The Kier molecular flexibility index (Phi) is 4.00. The number of pyridine rings is 1. The first-order valence-corrected chi connectivity index (χ1v) is 7.43. The molecule has 0 unspecified atom stereocenters. The molecule has 0 aliphatic rings. The lowest BCUT2D eigenvalue weighted by Gasteiger charge is -2.07. The third kappa shape index (κ3) is 3.00. The number of fused-ring (bicyclic) bond motifs is 1. The first-order valence-electron chi connectivity index (χ1n) is 6.62. The Labute approximate surface area is 123 Å². The maximum atomic E-state index is 4.38. The smallest absolute Gasteiger partial charge is 0.0705 e. The Balaban J connectivity index is 1.69. The molecule has 0 amide bonds. The molecule has 2 nitrogen and oxygen atoms in total. The normalized spacial score (nSPS) is 10.8. The van der Waals surface area contributed by atoms with Gasteiger partial charge in [-0.1, -0.05) is 35.9 Å². The number of nitrogens with zero attached hydrogens (tertiary/aromatic N) is 1. The average molecular weight is 280 g/mol. The lowest BCUT2D eigenvalue weighted by Crippen LogP contribution is -2.03. The van der Waals surface area contributed by atoms with E-state index in [0.717, 1.165) is 12.1 Å². The molecule has 20 heavy (non-hydrogen) atoms. The number of aromatic nitrogens is 1. The van der Waals surface area contributed by atoms with E-state index < -0.39 is 0 Å². The van der Waals surface area contributed by atoms with E-state index in [0.29, 0.717) is 0 Å². The van der Waals surface area contributed by atoms with Crippen LogP contribution in [0.1, 0.15) is 11.1 Å². The summed E-state index contributed by atoms with van der Waals surface area (Å²) in [6.45, 7) is 2.92. The van der Waals surface area contributed by atoms with Gasteiger partial charge in [-0.05, 0) is 48.7 Å². The Morgan fingerprint density at radius 1 is 1.00 bits per heavy atom. The van der Waals surface area contributed by atoms with Crippen LogP contribution in [0, 0.1) is 6.92 Å². The number of nitrogens with one attached hydrogen (secondary N) is 1. The highest BCUT2D eigenvalue weighted by atomic mass is 32.2. The summed E-state index contributed by atoms with van der Waals surface area (Å²) < 4.78 is 3.42. The molecule has 2 aromatic carbocycles. The minimum absolute atomic E-state index is 0.821. The van der Waals surface area contributed by atoms with Crippen LogP contribution in [-0.2, 0) is 6.54 Å². The first-order chi connectivity index (χ1) is 9.83. The van der Waals surface area contributed by atoms with Crippen LogP contribution in [0.5, 0.6) is 0 Å². The summed E-state index contributed by atoms with van der Waals surface area (Å²) in [5, 5.41) is 1.21. The summed E-state index contributed by atoms with van der Waals surface area (Å²) >= 11 is 1.66. The quantitative estimate of drug-likeness (QED) is 0.720. The third-order valence-electron chi connectivity index (χ3n) is 3.21. The molecule has 0 aliphatic carbocycles. The molecule has 0 spiro atoms. The number of hydrogen-bond acceptors (Lipinski definition) is 3. The molecular weight excluding hydrogens is 264 g/mol. The van der Waals surface area contributed by atoms with E-state index in [1.165, 1.54) is 21.4 Å². The SMILES string of the molecule is Cc1ccc(SNCc2ccnc3ccccc23)cc1. The van der Waals surface area contributed by atoms with Crippen molar-refractivity contribution in [3.8, 4) is 0 Å². The lowest BCUT2D eigenvalue weighted by molar-refractivity contribution is 0.982. The Bertz CT molecular complexity index is 702. The number of rotatable bonds is 4. The number of hydrogen-bond donors (Lipinski definition) is 1. The van der Waals surface area contributed by atoms with Crippen LogP contribution in [0.15, 0.2) is 65.7 Å². The molecule has 3 rings (SSSR count). The van der Waals surface area contributed by atoms with E-state index in [1.54, 1.807) is 11.9 Å². The van der Waals surface area contributed by atoms with Crippen molar-refractivity contribution in [2.24, 2.45) is 0 Å². The van der Waals surface area contributed by atoms with Gasteiger partial charge >= 0.3 is 0 Å². The van der Waals surface area contributed by atoms with Crippen molar-refractivity contribution in [1.29, 1.82) is 0 Å². The molecule has 100 valence electrons. The zero-order valence-corrected chi connectivity index (χ0v) is 12.2. The van der Waals surface area contributed by atoms with Gasteiger partial charge in [-0.15, -0.1) is 0 Å². The highest BCUT2D eigenvalue weighted by molar-refractivity contribution is 7.97. The van der Waals surface area contributed by atoms with Crippen molar-refractivity contribution >= 4 is 22.9 Å². The second kappa shape index (κ2) is 6.07. The fourth-order valence-corrected chi connectivity index (χ4v) is 2.78. The molecule has 0 saturated heterocycles. The fraction of sp³-hybridized carbons (Fsp3) is 0.118. The Morgan fingerprint density at radius 3 is 2.65 bits per heavy atom. The Hall–Kier alpha value is -1.84. The van der Waals surface area contributed by atoms with Crippen LogP contribution in [0.4, 0.5) is 0 Å². The number of benzene rings is 2. The lowest BCUT2D eigenvalue weighted by atomic mass is 10.1. The number of aryl methyl sites for hydroxylation is 1. The van der Waals surface area contributed by atoms with Gasteiger partial charge in [-0.2, -0.15) is 0 Å². The molecular formula is C17H16N2S. The monoisotopic (exact) mass is 280 g/mol. The summed E-state index contributed by atoms with van der Waals surface area (Å²) in [6.07, 6.45) is 1.87. The maximum Gasteiger partial charge on any atom is 0.0705 e. The van der Waals surface area contributed by atoms with Crippen LogP contribution in [-0.4, -0.2) is 4.98 Å². The van der Waals surface area contributed by atoms with Gasteiger partial charge in [0.05, 0.1) is 5.52 Å². The highest BCUT2D eigenvalue weighted by Crippen LogP contribution is 2.19. The summed E-state index contributed by atoms with van der Waals surface area (Å²) in [4.78, 5) is 5.61. The molecule has 1 heterocycles. The largest absolute Gasteiger partial charge is 0.256 e. The topological polar surface area (TPSA) is 24.9 Å². The van der Waals surface area contributed by atoms with Crippen molar-refractivity contribution < 1.29 is 0 Å². The predicted molar refractivity (Wildman–Crippen MR) is 85.6 cm³/mol. The zero-order valence-electron chi connectivity index (χ0n) is 11.3. The Morgan fingerprint density at radius 2 is 1.80 bits per heavy atom. The van der Waals surface area contributed by atoms with Gasteiger partial charge in [0.1, 0.15) is 0 Å². The minimum Gasteiger partial charge on any atom is -0.256 e. The standard InChI is InChI=1S/C17H16N2S/c1-13-6-8-15(9-7-13)20-19-12-14-10-11-18-17-5-3-2-4-16(14)17/h2-11,19H,12H2,1H3. The van der Waals surface area contributed by atoms with Crippen molar-refractivity contribution in [2.75, 3.05) is 0 Å². The van der Waals surface area contributed by atoms with Crippen LogP contribution in [0.3, 0.4) is 0 Å². The minimum atomic E-state index is 0.821. The van der Waals surface area contributed by atoms with Crippen molar-refractivity contribution in [1.82, 2.24) is 9.71 Å². The van der Waals surface area contributed by atoms with E-state index in [4.69, 9.17) is 0 Å². The van der Waals surface area contributed by atoms with Gasteiger partial charge in [-0.25, -0.2) is 0 Å². The molecule has 0 fully saturated rings. The van der Waals surface area contributed by atoms with Gasteiger partial charge in [0, 0.05) is 23.0 Å². The first kappa shape index (κ1) is 13.2. The average Bonchev–Trinajstić information content (AvgIpc) is 2.49. The van der Waals surface area contributed by atoms with Crippen molar-refractivity contribution in [3.05, 3.63) is 71.9 Å². The molecule has 3 heteroatoms. The van der Waals surface area contributed by atoms with E-state index in [1.807, 2.05) is 18.3 Å². The molecule has 1 aromatic heterocycles. The molecule has 0 bridgehead atoms. The van der Waals surface area contributed by atoms with E-state index in [-0.39, 0.29) is 0 Å². The molecule has 0 radical (unpaired) electrons. The molecule has 3 aromatic rings. The fourth-order valence-electron chi connectivity index (χ4n) is 2.11. The molecule has 0 saturated carbocycles. The zero-order chi connectivity index (χ0) is 13.8. The van der Waals surface area contributed by atoms with Crippen molar-refractivity contribution in [3.63, 3.8) is 0 Å². The van der Waals surface area contributed by atoms with Gasteiger partial charge in [0.15, 0.2) is 0 Å². The van der Waals surface area contributed by atoms with Gasteiger partial charge in [0.2, 0.25) is 0 Å². The number of para-hydroxylation sites is 1. The van der Waals surface area contributed by atoms with Gasteiger partial charge < -0.3 is 0 Å². The van der Waals surface area contributed by atoms with E-state index >= 15 is 0 Å². The van der Waals surface area contributed by atoms with E-state index in [2.05, 4.69) is 59.1 Å². The van der Waals surface area contributed by atoms with E-state index in [9.17, 15) is 0 Å². The van der Waals surface area contributed by atoms with Crippen LogP contribution < -0.4 is 4.72 Å².